The second kappa shape index (κ2) is 21.9. The average Bonchev–Trinajstić information content (AvgIpc) is 3.00. The van der Waals surface area contributed by atoms with E-state index in [1.54, 1.807) is 12.1 Å². The van der Waals surface area contributed by atoms with Crippen LogP contribution in [0, 0.1) is 0 Å². The Bertz CT molecular complexity index is 1340. The van der Waals surface area contributed by atoms with E-state index in [-0.39, 0.29) is 115 Å². The van der Waals surface area contributed by atoms with E-state index in [1.807, 2.05) is 84.9 Å². The minimum Gasteiger partial charge on any atom is -0.652 e. The van der Waals surface area contributed by atoms with E-state index in [0.29, 0.717) is 24.2 Å². The zero-order valence-corrected chi connectivity index (χ0v) is 30.4. The van der Waals surface area contributed by atoms with Crippen LogP contribution in [0.2, 0.25) is 0 Å². The van der Waals surface area contributed by atoms with Crippen LogP contribution in [0.3, 0.4) is 0 Å². The molecule has 4 aromatic rings. The van der Waals surface area contributed by atoms with Gasteiger partial charge in [-0.15, -0.1) is 0 Å². The molecule has 9 nitrogen and oxygen atoms in total. The van der Waals surface area contributed by atoms with Crippen LogP contribution >= 0.6 is 0 Å². The zero-order chi connectivity index (χ0) is 29.5. The summed E-state index contributed by atoms with van der Waals surface area (Å²) in [6.45, 7) is 0.961. The summed E-state index contributed by atoms with van der Waals surface area (Å²) >= 11 is 0. The van der Waals surface area contributed by atoms with Crippen LogP contribution in [-0.4, -0.2) is 32.3 Å². The van der Waals surface area contributed by atoms with Crippen molar-refractivity contribution in [1.29, 1.82) is 0 Å². The summed E-state index contributed by atoms with van der Waals surface area (Å²) in [7, 11) is 2.77. The van der Waals surface area contributed by atoms with Gasteiger partial charge in [0.05, 0.1) is 25.3 Å². The van der Waals surface area contributed by atoms with Crippen molar-refractivity contribution in [2.45, 2.75) is 13.1 Å². The molecule has 0 aromatic heterocycles. The fourth-order valence-electron chi connectivity index (χ4n) is 3.78. The smallest absolute Gasteiger partial charge is 0.652 e. The molecule has 0 radical (unpaired) electrons. The largest absolute Gasteiger partial charge is 1.00 e. The minimum absolute atomic E-state index is 0. The Labute approximate surface area is 330 Å². The monoisotopic (exact) mass is 620 g/mol. The maximum atomic E-state index is 11.7. The number of benzene rings is 4. The van der Waals surface area contributed by atoms with Gasteiger partial charge in [-0.25, -0.2) is 9.59 Å². The van der Waals surface area contributed by atoms with Gasteiger partial charge in [-0.05, 0) is 63.8 Å². The molecule has 0 amide bonds. The van der Waals surface area contributed by atoms with Gasteiger partial charge in [-0.3, -0.25) is 0 Å². The first-order chi connectivity index (χ1) is 19.2. The molecule has 0 aliphatic heterocycles. The number of hydrogen-bond donors (Lipinski definition) is 2. The van der Waals surface area contributed by atoms with Crippen molar-refractivity contribution in [3.63, 3.8) is 0 Å². The van der Waals surface area contributed by atoms with E-state index in [9.17, 15) is 9.59 Å². The average molecular weight is 621 g/mol. The van der Waals surface area contributed by atoms with E-state index in [0.717, 1.165) is 33.4 Å². The third-order valence-electron chi connectivity index (χ3n) is 5.61. The number of rotatable bonds is 6. The van der Waals surface area contributed by atoms with Crippen molar-refractivity contribution in [2.75, 3.05) is 14.2 Å². The van der Waals surface area contributed by atoms with Crippen molar-refractivity contribution in [2.24, 2.45) is 11.5 Å². The Morgan fingerprint density at radius 1 is 0.595 bits per heavy atom. The van der Waals surface area contributed by atoms with Gasteiger partial charge in [-0.2, -0.15) is 0 Å². The molecule has 0 atom stereocenters. The third kappa shape index (κ3) is 12.9. The van der Waals surface area contributed by atoms with E-state index in [1.165, 1.54) is 14.2 Å². The molecule has 208 valence electrons. The molecule has 0 aliphatic carbocycles. The van der Waals surface area contributed by atoms with Crippen LogP contribution in [0.1, 0.15) is 31.8 Å². The summed E-state index contributed by atoms with van der Waals surface area (Å²) in [5.41, 5.74) is 18.1. The van der Waals surface area contributed by atoms with E-state index < -0.39 is 6.16 Å². The molecule has 0 spiro atoms. The van der Waals surface area contributed by atoms with E-state index in [4.69, 9.17) is 35.9 Å². The van der Waals surface area contributed by atoms with Crippen molar-refractivity contribution in [1.82, 2.24) is 0 Å². The molecule has 0 unspecified atom stereocenters. The fraction of sp³-hybridized carbons (Fsp3) is 0.129. The van der Waals surface area contributed by atoms with Crippen LogP contribution in [0.5, 0.6) is 0 Å². The molecule has 0 fully saturated rings. The van der Waals surface area contributed by atoms with Crippen molar-refractivity contribution in [3.8, 4) is 22.3 Å². The van der Waals surface area contributed by atoms with Gasteiger partial charge in [0.2, 0.25) is 0 Å². The minimum atomic E-state index is -2.33. The molecule has 4 N–H and O–H groups in total. The van der Waals surface area contributed by atoms with Crippen LogP contribution in [0.25, 0.3) is 22.3 Å². The van der Waals surface area contributed by atoms with Crippen molar-refractivity contribution in [3.05, 3.63) is 119 Å². The van der Waals surface area contributed by atoms with Crippen LogP contribution in [0.15, 0.2) is 97.1 Å². The third-order valence-corrected chi connectivity index (χ3v) is 5.61. The maximum absolute atomic E-state index is 11.7. The SMILES string of the molecule is COC(=O)c1ccccc1-c1cccc(CN)c1.COC(=O)c1ccccc1-c1cccc(CN)c1.O=C([O-])[O-].[K+].[K+]. The summed E-state index contributed by atoms with van der Waals surface area (Å²) in [6, 6.07) is 30.5. The van der Waals surface area contributed by atoms with Gasteiger partial charge >= 0.3 is 115 Å². The normalized spacial score (nSPS) is 9.24. The first-order valence-electron chi connectivity index (χ1n) is 12.1. The number of carboxylic acid groups (broad SMARTS) is 2. The Morgan fingerprint density at radius 2 is 0.929 bits per heavy atom. The van der Waals surface area contributed by atoms with Gasteiger partial charge in [0.25, 0.3) is 0 Å². The quantitative estimate of drug-likeness (QED) is 0.166. The van der Waals surface area contributed by atoms with Crippen LogP contribution in [0.4, 0.5) is 4.79 Å². The van der Waals surface area contributed by atoms with Gasteiger partial charge in [-0.1, -0.05) is 72.8 Å². The molecule has 0 aliphatic rings. The molecule has 11 heteroatoms. The standard InChI is InChI=1S/2C15H15NO2.CH2O3.2K/c2*1-18-15(17)14-8-3-2-7-13(14)12-6-4-5-11(9-12)10-16;2-1(3)4;;/h2*2-9H,10,16H2,1H3;(H2,2,3,4);;/q;;;2*+1/p-2. The number of hydrogen-bond acceptors (Lipinski definition) is 9. The number of nitrogens with two attached hydrogens (primary N) is 2. The summed E-state index contributed by atoms with van der Waals surface area (Å²) < 4.78 is 9.58. The summed E-state index contributed by atoms with van der Waals surface area (Å²) in [5, 5.41) is 16.7. The molecular formula is C31H30K2N2O7. The predicted octanol–water partition coefficient (Wildman–Crippen LogP) is -3.24. The topological polar surface area (TPSA) is 168 Å². The summed E-state index contributed by atoms with van der Waals surface area (Å²) in [6.07, 6.45) is -2.33. The fourth-order valence-corrected chi connectivity index (χ4v) is 3.78. The number of esters is 2. The Hall–Kier alpha value is -1.72. The molecule has 0 bridgehead atoms. The second-order valence-corrected chi connectivity index (χ2v) is 8.13. The zero-order valence-electron chi connectivity index (χ0n) is 24.2. The molecule has 0 saturated heterocycles. The number of ether oxygens (including phenoxy) is 2. The van der Waals surface area contributed by atoms with Crippen LogP contribution < -0.4 is 124 Å². The Balaban J connectivity index is 0.000000682. The number of carbonyl (C=O) groups excluding carboxylic acids is 3. The maximum Gasteiger partial charge on any atom is 1.00 e. The van der Waals surface area contributed by atoms with E-state index >= 15 is 0 Å². The van der Waals surface area contributed by atoms with Gasteiger partial charge in [0, 0.05) is 13.1 Å². The summed E-state index contributed by atoms with van der Waals surface area (Å²) in [5.74, 6) is -0.660. The Kier molecular flexibility index (Phi) is 21.0. The first-order valence-corrected chi connectivity index (χ1v) is 12.1. The summed E-state index contributed by atoms with van der Waals surface area (Å²) in [4.78, 5) is 31.8. The molecule has 0 saturated carbocycles. The van der Waals surface area contributed by atoms with Crippen molar-refractivity contribution >= 4 is 18.1 Å². The van der Waals surface area contributed by atoms with Gasteiger partial charge < -0.3 is 35.9 Å². The Morgan fingerprint density at radius 3 is 1.24 bits per heavy atom. The molecule has 4 aromatic carbocycles. The van der Waals surface area contributed by atoms with Gasteiger partial charge in [0.15, 0.2) is 0 Å². The molecule has 4 rings (SSSR count). The molecule has 42 heavy (non-hydrogen) atoms. The van der Waals surface area contributed by atoms with Gasteiger partial charge in [0.1, 0.15) is 0 Å². The second-order valence-electron chi connectivity index (χ2n) is 8.13. The molecule has 0 heterocycles. The number of carbonyl (C=O) groups is 3. The van der Waals surface area contributed by atoms with Crippen LogP contribution in [-0.2, 0) is 22.6 Å². The predicted molar refractivity (Wildman–Crippen MR) is 148 cm³/mol. The molecular weight excluding hydrogens is 591 g/mol. The van der Waals surface area contributed by atoms with Crippen molar-refractivity contribution < 1.29 is 137 Å². The number of methoxy groups -OCH3 is 2. The van der Waals surface area contributed by atoms with E-state index in [2.05, 4.69) is 0 Å². The first kappa shape index (κ1) is 40.3.